The highest BCUT2D eigenvalue weighted by molar-refractivity contribution is 5.22. The quantitative estimate of drug-likeness (QED) is 0.782. The van der Waals surface area contributed by atoms with E-state index in [1.807, 2.05) is 24.5 Å². The van der Waals surface area contributed by atoms with E-state index in [0.717, 1.165) is 13.0 Å². The second kappa shape index (κ2) is 6.72. The summed E-state index contributed by atoms with van der Waals surface area (Å²) in [4.78, 5) is 4.07. The van der Waals surface area contributed by atoms with Crippen LogP contribution in [0.25, 0.3) is 0 Å². The molecule has 1 unspecified atom stereocenters. The van der Waals surface area contributed by atoms with E-state index >= 15 is 0 Å². The smallest absolute Gasteiger partial charge is 0.0364 e. The van der Waals surface area contributed by atoms with Crippen molar-refractivity contribution >= 4 is 0 Å². The summed E-state index contributed by atoms with van der Waals surface area (Å²) in [5.74, 6) is 0. The fourth-order valence-electron chi connectivity index (χ4n) is 1.98. The van der Waals surface area contributed by atoms with E-state index in [9.17, 15) is 0 Å². The van der Waals surface area contributed by atoms with Gasteiger partial charge in [0.05, 0.1) is 0 Å². The Balaban J connectivity index is 2.13. The minimum absolute atomic E-state index is 0.299. The Morgan fingerprint density at radius 1 is 1.11 bits per heavy atom. The summed E-state index contributed by atoms with van der Waals surface area (Å²) in [6.07, 6.45) is 6.53. The van der Waals surface area contributed by atoms with Crippen molar-refractivity contribution < 1.29 is 0 Å². The zero-order chi connectivity index (χ0) is 12.6. The minimum atomic E-state index is 0.299. The molecule has 1 N–H and O–H groups in total. The standard InChI is InChI=1S/C16H18N2/c1-2-10-18-16(15-8-11-17-12-9-15)13-14-6-4-3-5-7-14/h2-9,11-12,16,18H,1,10,13H2. The first kappa shape index (κ1) is 12.5. The van der Waals surface area contributed by atoms with Gasteiger partial charge in [-0.15, -0.1) is 6.58 Å². The summed E-state index contributed by atoms with van der Waals surface area (Å²) in [6.45, 7) is 4.56. The molecule has 0 radical (unpaired) electrons. The van der Waals surface area contributed by atoms with Crippen molar-refractivity contribution in [1.29, 1.82) is 0 Å². The van der Waals surface area contributed by atoms with Crippen molar-refractivity contribution in [3.05, 3.63) is 78.6 Å². The second-order valence-corrected chi connectivity index (χ2v) is 4.22. The van der Waals surface area contributed by atoms with Crippen molar-refractivity contribution in [2.45, 2.75) is 12.5 Å². The first-order valence-corrected chi connectivity index (χ1v) is 6.18. The van der Waals surface area contributed by atoms with Gasteiger partial charge in [0.2, 0.25) is 0 Å². The van der Waals surface area contributed by atoms with Crippen molar-refractivity contribution in [2.75, 3.05) is 6.54 Å². The highest BCUT2D eigenvalue weighted by atomic mass is 14.9. The van der Waals surface area contributed by atoms with Gasteiger partial charge in [-0.2, -0.15) is 0 Å². The van der Waals surface area contributed by atoms with E-state index in [4.69, 9.17) is 0 Å². The van der Waals surface area contributed by atoms with Gasteiger partial charge in [-0.05, 0) is 29.7 Å². The van der Waals surface area contributed by atoms with Gasteiger partial charge < -0.3 is 5.32 Å². The lowest BCUT2D eigenvalue weighted by atomic mass is 10.00. The molecule has 0 aliphatic rings. The lowest BCUT2D eigenvalue weighted by molar-refractivity contribution is 0.564. The summed E-state index contributed by atoms with van der Waals surface area (Å²) in [5.41, 5.74) is 2.59. The molecular formula is C16H18N2. The Hall–Kier alpha value is -1.93. The van der Waals surface area contributed by atoms with Crippen molar-refractivity contribution in [1.82, 2.24) is 10.3 Å². The SMILES string of the molecule is C=CCNC(Cc1ccccc1)c1ccncc1. The average Bonchev–Trinajstić information content (AvgIpc) is 2.45. The van der Waals surface area contributed by atoms with Crippen LogP contribution in [0, 0.1) is 0 Å². The van der Waals surface area contributed by atoms with E-state index < -0.39 is 0 Å². The summed E-state index contributed by atoms with van der Waals surface area (Å²) in [5, 5.41) is 3.49. The number of rotatable bonds is 6. The van der Waals surface area contributed by atoms with Crippen LogP contribution in [0.1, 0.15) is 17.2 Å². The maximum absolute atomic E-state index is 4.07. The molecule has 0 saturated carbocycles. The largest absolute Gasteiger partial charge is 0.306 e. The molecule has 0 aliphatic carbocycles. The summed E-state index contributed by atoms with van der Waals surface area (Å²) in [7, 11) is 0. The Morgan fingerprint density at radius 2 is 1.83 bits per heavy atom. The monoisotopic (exact) mass is 238 g/mol. The molecule has 0 amide bonds. The molecule has 0 fully saturated rings. The Morgan fingerprint density at radius 3 is 2.50 bits per heavy atom. The van der Waals surface area contributed by atoms with Gasteiger partial charge in [0.1, 0.15) is 0 Å². The van der Waals surface area contributed by atoms with Crippen LogP contribution in [0.15, 0.2) is 67.5 Å². The van der Waals surface area contributed by atoms with Gasteiger partial charge in [0.15, 0.2) is 0 Å². The topological polar surface area (TPSA) is 24.9 Å². The maximum atomic E-state index is 4.07. The molecule has 18 heavy (non-hydrogen) atoms. The van der Waals surface area contributed by atoms with Crippen LogP contribution in [-0.4, -0.2) is 11.5 Å². The van der Waals surface area contributed by atoms with E-state index in [1.165, 1.54) is 11.1 Å². The van der Waals surface area contributed by atoms with E-state index in [0.29, 0.717) is 6.04 Å². The fourth-order valence-corrected chi connectivity index (χ4v) is 1.98. The molecule has 2 rings (SSSR count). The molecule has 1 aromatic carbocycles. The first-order chi connectivity index (χ1) is 8.90. The molecule has 0 bridgehead atoms. The van der Waals surface area contributed by atoms with Gasteiger partial charge in [0, 0.05) is 25.0 Å². The Kier molecular flexibility index (Phi) is 4.68. The molecule has 1 aromatic heterocycles. The van der Waals surface area contributed by atoms with Crippen molar-refractivity contribution in [2.24, 2.45) is 0 Å². The molecule has 1 atom stereocenters. The van der Waals surface area contributed by atoms with E-state index in [2.05, 4.69) is 53.3 Å². The van der Waals surface area contributed by atoms with Crippen LogP contribution >= 0.6 is 0 Å². The predicted molar refractivity (Wildman–Crippen MR) is 75.3 cm³/mol. The second-order valence-electron chi connectivity index (χ2n) is 4.22. The number of hydrogen-bond donors (Lipinski definition) is 1. The number of pyridine rings is 1. The van der Waals surface area contributed by atoms with Crippen LogP contribution in [0.5, 0.6) is 0 Å². The van der Waals surface area contributed by atoms with Crippen LogP contribution < -0.4 is 5.32 Å². The van der Waals surface area contributed by atoms with Gasteiger partial charge in [-0.25, -0.2) is 0 Å². The van der Waals surface area contributed by atoms with Crippen LogP contribution in [-0.2, 0) is 6.42 Å². The highest BCUT2D eigenvalue weighted by Crippen LogP contribution is 2.17. The third kappa shape index (κ3) is 3.54. The highest BCUT2D eigenvalue weighted by Gasteiger charge is 2.10. The number of hydrogen-bond acceptors (Lipinski definition) is 2. The predicted octanol–water partition coefficient (Wildman–Crippen LogP) is 3.14. The molecule has 1 heterocycles. The molecular weight excluding hydrogens is 220 g/mol. The molecule has 2 heteroatoms. The fraction of sp³-hybridized carbons (Fsp3) is 0.188. The molecule has 2 nitrogen and oxygen atoms in total. The number of nitrogens with one attached hydrogen (secondary N) is 1. The Bertz CT molecular complexity index is 465. The summed E-state index contributed by atoms with van der Waals surface area (Å²) in [6, 6.07) is 14.9. The maximum Gasteiger partial charge on any atom is 0.0364 e. The van der Waals surface area contributed by atoms with E-state index in [1.54, 1.807) is 0 Å². The lowest BCUT2D eigenvalue weighted by Gasteiger charge is -2.18. The zero-order valence-corrected chi connectivity index (χ0v) is 10.4. The first-order valence-electron chi connectivity index (χ1n) is 6.18. The molecule has 92 valence electrons. The van der Waals surface area contributed by atoms with Gasteiger partial charge >= 0.3 is 0 Å². The lowest BCUT2D eigenvalue weighted by Crippen LogP contribution is -2.23. The van der Waals surface area contributed by atoms with Crippen LogP contribution in [0.2, 0.25) is 0 Å². The number of nitrogens with zero attached hydrogens (tertiary/aromatic N) is 1. The molecule has 2 aromatic rings. The number of benzene rings is 1. The van der Waals surface area contributed by atoms with E-state index in [-0.39, 0.29) is 0 Å². The zero-order valence-electron chi connectivity index (χ0n) is 10.4. The van der Waals surface area contributed by atoms with Crippen molar-refractivity contribution in [3.8, 4) is 0 Å². The van der Waals surface area contributed by atoms with Crippen molar-refractivity contribution in [3.63, 3.8) is 0 Å². The minimum Gasteiger partial charge on any atom is -0.306 e. The number of aromatic nitrogens is 1. The van der Waals surface area contributed by atoms with Gasteiger partial charge in [-0.3, -0.25) is 4.98 Å². The van der Waals surface area contributed by atoms with Gasteiger partial charge in [0.25, 0.3) is 0 Å². The third-order valence-corrected chi connectivity index (χ3v) is 2.90. The molecule has 0 aliphatic heterocycles. The van der Waals surface area contributed by atoms with Gasteiger partial charge in [-0.1, -0.05) is 36.4 Å². The van der Waals surface area contributed by atoms with Crippen LogP contribution in [0.3, 0.4) is 0 Å². The molecule has 0 saturated heterocycles. The summed E-state index contributed by atoms with van der Waals surface area (Å²) >= 11 is 0. The van der Waals surface area contributed by atoms with Crippen LogP contribution in [0.4, 0.5) is 0 Å². The Labute approximate surface area is 108 Å². The average molecular weight is 238 g/mol. The normalized spacial score (nSPS) is 12.0. The third-order valence-electron chi connectivity index (χ3n) is 2.90. The summed E-state index contributed by atoms with van der Waals surface area (Å²) < 4.78 is 0. The molecule has 0 spiro atoms.